The smallest absolute Gasteiger partial charge is 0.192 e. The second kappa shape index (κ2) is 11.3. The third-order valence-electron chi connectivity index (χ3n) is 4.56. The van der Waals surface area contributed by atoms with Crippen molar-refractivity contribution in [3.05, 3.63) is 52.3 Å². The Morgan fingerprint density at radius 2 is 1.89 bits per heavy atom. The summed E-state index contributed by atoms with van der Waals surface area (Å²) in [6, 6.07) is 3.71. The second-order valence-corrected chi connectivity index (χ2v) is 6.44. The molecule has 28 heavy (non-hydrogen) atoms. The highest BCUT2D eigenvalue weighted by atomic mass is 127. The molecule has 156 valence electrons. The van der Waals surface area contributed by atoms with Gasteiger partial charge >= 0.3 is 0 Å². The van der Waals surface area contributed by atoms with Crippen molar-refractivity contribution in [1.29, 1.82) is 0 Å². The van der Waals surface area contributed by atoms with Crippen LogP contribution in [0.2, 0.25) is 0 Å². The molecule has 0 radical (unpaired) electrons. The van der Waals surface area contributed by atoms with Gasteiger partial charge in [-0.05, 0) is 44.4 Å². The molecule has 2 rings (SSSR count). The maximum Gasteiger partial charge on any atom is 0.192 e. The number of benzene rings is 1. The number of hydrogen-bond acceptors (Lipinski definition) is 2. The number of hydrogen-bond donors (Lipinski definition) is 2. The first-order chi connectivity index (χ1) is 12.9. The fourth-order valence-electron chi connectivity index (χ4n) is 3.12. The van der Waals surface area contributed by atoms with Crippen LogP contribution >= 0.6 is 24.0 Å². The van der Waals surface area contributed by atoms with Crippen LogP contribution in [0.5, 0.6) is 0 Å². The van der Waals surface area contributed by atoms with Gasteiger partial charge in [0.15, 0.2) is 17.6 Å². The summed E-state index contributed by atoms with van der Waals surface area (Å²) in [5, 5.41) is 11.0. The van der Waals surface area contributed by atoms with Crippen LogP contribution < -0.4 is 10.6 Å². The summed E-state index contributed by atoms with van der Waals surface area (Å²) >= 11 is 0. The number of aryl methyl sites for hydroxylation is 2. The maximum atomic E-state index is 13.5. The highest BCUT2D eigenvalue weighted by molar-refractivity contribution is 14.0. The third-order valence-corrected chi connectivity index (χ3v) is 4.56. The Hall–Kier alpha value is -1.71. The van der Waals surface area contributed by atoms with Gasteiger partial charge < -0.3 is 10.6 Å². The molecule has 2 aromatic rings. The lowest BCUT2D eigenvalue weighted by Crippen LogP contribution is -2.38. The van der Waals surface area contributed by atoms with E-state index < -0.39 is 11.6 Å². The highest BCUT2D eigenvalue weighted by Crippen LogP contribution is 2.18. The van der Waals surface area contributed by atoms with E-state index in [1.807, 2.05) is 25.6 Å². The largest absolute Gasteiger partial charge is 0.357 e. The lowest BCUT2D eigenvalue weighted by atomic mass is 10.1. The Balaban J connectivity index is 0.00000392. The minimum Gasteiger partial charge on any atom is -0.357 e. The molecule has 1 aromatic heterocycles. The lowest BCUT2D eigenvalue weighted by molar-refractivity contribution is 0.504. The summed E-state index contributed by atoms with van der Waals surface area (Å²) in [6.07, 6.45) is 1.75. The molecule has 0 fully saturated rings. The molecule has 0 bridgehead atoms. The van der Waals surface area contributed by atoms with E-state index in [9.17, 15) is 8.78 Å². The van der Waals surface area contributed by atoms with Crippen LogP contribution in [-0.4, -0.2) is 22.3 Å². The Morgan fingerprint density at radius 1 is 1.18 bits per heavy atom. The van der Waals surface area contributed by atoms with Gasteiger partial charge in [-0.15, -0.1) is 24.0 Å². The van der Waals surface area contributed by atoms with E-state index in [-0.39, 0.29) is 30.0 Å². The number of halogens is 3. The van der Waals surface area contributed by atoms with Crippen molar-refractivity contribution in [2.24, 2.45) is 12.0 Å². The van der Waals surface area contributed by atoms with Crippen molar-refractivity contribution in [3.8, 4) is 0 Å². The fourth-order valence-corrected chi connectivity index (χ4v) is 3.12. The van der Waals surface area contributed by atoms with Crippen LogP contribution in [0.4, 0.5) is 8.78 Å². The Bertz CT molecular complexity index is 804. The molecule has 5 nitrogen and oxygen atoms in total. The topological polar surface area (TPSA) is 54.2 Å². The summed E-state index contributed by atoms with van der Waals surface area (Å²) in [6.45, 7) is 9.28. The molecule has 0 aliphatic heterocycles. The minimum absolute atomic E-state index is 0. The molecule has 2 N–H and O–H groups in total. The van der Waals surface area contributed by atoms with Crippen molar-refractivity contribution in [2.45, 2.75) is 53.1 Å². The zero-order chi connectivity index (χ0) is 20.0. The Kier molecular flexibility index (Phi) is 9.84. The molecule has 1 aromatic carbocycles. The first kappa shape index (κ1) is 24.3. The van der Waals surface area contributed by atoms with Gasteiger partial charge in [-0.3, -0.25) is 4.68 Å². The van der Waals surface area contributed by atoms with Crippen LogP contribution in [0.15, 0.2) is 23.2 Å². The van der Waals surface area contributed by atoms with Crippen LogP contribution in [-0.2, 0) is 26.4 Å². The van der Waals surface area contributed by atoms with E-state index in [1.54, 1.807) is 6.07 Å². The van der Waals surface area contributed by atoms with E-state index in [0.717, 1.165) is 30.2 Å². The number of rotatable bonds is 7. The third kappa shape index (κ3) is 5.89. The van der Waals surface area contributed by atoms with E-state index in [1.165, 1.54) is 11.8 Å². The molecular weight excluding hydrogens is 475 g/mol. The predicted molar refractivity (Wildman–Crippen MR) is 120 cm³/mol. The molecule has 0 saturated heterocycles. The molecule has 1 heterocycles. The van der Waals surface area contributed by atoms with Gasteiger partial charge in [0, 0.05) is 24.8 Å². The first-order valence-corrected chi connectivity index (χ1v) is 9.44. The van der Waals surface area contributed by atoms with Gasteiger partial charge in [0.05, 0.1) is 18.3 Å². The molecule has 1 atom stereocenters. The van der Waals surface area contributed by atoms with Crippen molar-refractivity contribution in [1.82, 2.24) is 20.4 Å². The minimum atomic E-state index is -0.848. The normalized spacial score (nSPS) is 12.5. The van der Waals surface area contributed by atoms with Crippen LogP contribution in [0.25, 0.3) is 0 Å². The molecule has 1 unspecified atom stereocenters. The molecular formula is C20H30F2IN5. The predicted octanol–water partition coefficient (Wildman–Crippen LogP) is 4.26. The van der Waals surface area contributed by atoms with Gasteiger partial charge in [-0.25, -0.2) is 13.8 Å². The molecule has 0 spiro atoms. The van der Waals surface area contributed by atoms with E-state index in [4.69, 9.17) is 4.99 Å². The number of nitrogens with zero attached hydrogens (tertiary/aromatic N) is 3. The van der Waals surface area contributed by atoms with Crippen LogP contribution in [0.3, 0.4) is 0 Å². The van der Waals surface area contributed by atoms with Crippen LogP contribution in [0, 0.1) is 11.6 Å². The van der Waals surface area contributed by atoms with Gasteiger partial charge in [-0.1, -0.05) is 19.9 Å². The van der Waals surface area contributed by atoms with Crippen molar-refractivity contribution < 1.29 is 8.78 Å². The standard InChI is InChI=1S/C20H29F2N5.HI/c1-6-18-15(19(7-2)27(5)26-18)12-24-20(23-8-3)25-13(4)14-9-10-16(21)17(22)11-14;/h9-11,13H,6-8,12H2,1-5H3,(H2,23,24,25);1H. The summed E-state index contributed by atoms with van der Waals surface area (Å²) < 4.78 is 28.6. The number of aromatic nitrogens is 2. The number of nitrogens with one attached hydrogen (secondary N) is 2. The van der Waals surface area contributed by atoms with Crippen LogP contribution in [0.1, 0.15) is 56.3 Å². The molecule has 0 amide bonds. The van der Waals surface area contributed by atoms with E-state index >= 15 is 0 Å². The summed E-state index contributed by atoms with van der Waals surface area (Å²) in [5.41, 5.74) is 4.05. The quantitative estimate of drug-likeness (QED) is 0.336. The van der Waals surface area contributed by atoms with Crippen molar-refractivity contribution >= 4 is 29.9 Å². The van der Waals surface area contributed by atoms with E-state index in [2.05, 4.69) is 29.6 Å². The molecule has 0 aliphatic rings. The Labute approximate surface area is 183 Å². The van der Waals surface area contributed by atoms with Gasteiger partial charge in [0.1, 0.15) is 0 Å². The second-order valence-electron chi connectivity index (χ2n) is 6.44. The Morgan fingerprint density at radius 3 is 2.46 bits per heavy atom. The van der Waals surface area contributed by atoms with E-state index in [0.29, 0.717) is 24.6 Å². The highest BCUT2D eigenvalue weighted by Gasteiger charge is 2.14. The number of guanidine groups is 1. The van der Waals surface area contributed by atoms with Crippen molar-refractivity contribution in [3.63, 3.8) is 0 Å². The number of aliphatic imine (C=N–C) groups is 1. The van der Waals surface area contributed by atoms with Gasteiger partial charge in [0.25, 0.3) is 0 Å². The fraction of sp³-hybridized carbons (Fsp3) is 0.500. The molecule has 0 saturated carbocycles. The first-order valence-electron chi connectivity index (χ1n) is 9.44. The summed E-state index contributed by atoms with van der Waals surface area (Å²) in [4.78, 5) is 4.69. The maximum absolute atomic E-state index is 13.5. The molecule has 8 heteroatoms. The zero-order valence-corrected chi connectivity index (χ0v) is 19.5. The molecule has 0 aliphatic carbocycles. The monoisotopic (exact) mass is 505 g/mol. The van der Waals surface area contributed by atoms with Gasteiger partial charge in [0.2, 0.25) is 0 Å². The van der Waals surface area contributed by atoms with Gasteiger partial charge in [-0.2, -0.15) is 5.10 Å². The summed E-state index contributed by atoms with van der Waals surface area (Å²) in [5.74, 6) is -1.07. The average molecular weight is 505 g/mol. The zero-order valence-electron chi connectivity index (χ0n) is 17.1. The lowest BCUT2D eigenvalue weighted by Gasteiger charge is -2.18. The average Bonchev–Trinajstić information content (AvgIpc) is 2.96. The summed E-state index contributed by atoms with van der Waals surface area (Å²) in [7, 11) is 1.96. The SMILES string of the molecule is CCNC(=NCc1c(CC)nn(C)c1CC)NC(C)c1ccc(F)c(F)c1.I. The van der Waals surface area contributed by atoms with Crippen molar-refractivity contribution in [2.75, 3.05) is 6.54 Å².